The average molecular weight is 227 g/mol. The van der Waals surface area contributed by atoms with Crippen LogP contribution in [0.4, 0.5) is 0 Å². The number of fused-ring (bicyclic) bond motifs is 1. The van der Waals surface area contributed by atoms with E-state index in [4.69, 9.17) is 5.26 Å². The molecule has 0 spiro atoms. The molecule has 1 saturated carbocycles. The molecule has 1 aliphatic heterocycles. The molecule has 1 aromatic heterocycles. The zero-order valence-electron chi connectivity index (χ0n) is 9.97. The summed E-state index contributed by atoms with van der Waals surface area (Å²) in [6.07, 6.45) is 6.00. The molecule has 0 bridgehead atoms. The van der Waals surface area contributed by atoms with Gasteiger partial charge in [0.05, 0.1) is 0 Å². The molecule has 0 aromatic carbocycles. The molecule has 1 aliphatic carbocycles. The summed E-state index contributed by atoms with van der Waals surface area (Å²) in [5.74, 6) is 1.87. The highest BCUT2D eigenvalue weighted by atomic mass is 15.2. The fraction of sp³-hybridized carbons (Fsp3) is 0.571. The normalized spacial score (nSPS) is 27.9. The van der Waals surface area contributed by atoms with Gasteiger partial charge in [0.1, 0.15) is 11.8 Å². The van der Waals surface area contributed by atoms with Gasteiger partial charge in [-0.1, -0.05) is 6.42 Å². The van der Waals surface area contributed by atoms with Crippen molar-refractivity contribution in [3.05, 3.63) is 29.6 Å². The van der Waals surface area contributed by atoms with Crippen molar-refractivity contribution in [3.63, 3.8) is 0 Å². The number of hydrogen-bond acceptors (Lipinski definition) is 3. The van der Waals surface area contributed by atoms with Crippen LogP contribution in [0.5, 0.6) is 0 Å². The largest absolute Gasteiger partial charge is 0.299 e. The molecule has 0 radical (unpaired) electrons. The van der Waals surface area contributed by atoms with Crippen LogP contribution < -0.4 is 0 Å². The van der Waals surface area contributed by atoms with Crippen LogP contribution in [-0.4, -0.2) is 23.0 Å². The van der Waals surface area contributed by atoms with E-state index in [9.17, 15) is 0 Å². The maximum Gasteiger partial charge on any atom is 0.140 e. The van der Waals surface area contributed by atoms with Crippen LogP contribution in [-0.2, 0) is 6.54 Å². The zero-order chi connectivity index (χ0) is 11.7. The molecule has 2 heterocycles. The highest BCUT2D eigenvalue weighted by molar-refractivity contribution is 5.25. The second-order valence-corrected chi connectivity index (χ2v) is 5.31. The molecule has 2 aliphatic rings. The number of hydrogen-bond donors (Lipinski definition) is 0. The van der Waals surface area contributed by atoms with Gasteiger partial charge in [-0.2, -0.15) is 5.26 Å². The van der Waals surface area contributed by atoms with Gasteiger partial charge in [0.2, 0.25) is 0 Å². The summed E-state index contributed by atoms with van der Waals surface area (Å²) in [6.45, 7) is 3.47. The maximum atomic E-state index is 8.83. The first-order valence-electron chi connectivity index (χ1n) is 6.42. The van der Waals surface area contributed by atoms with Crippen LogP contribution in [0.1, 0.15) is 30.5 Å². The van der Waals surface area contributed by atoms with Gasteiger partial charge in [0.15, 0.2) is 0 Å². The van der Waals surface area contributed by atoms with Gasteiger partial charge in [-0.15, -0.1) is 0 Å². The lowest BCUT2D eigenvalue weighted by Gasteiger charge is -2.16. The smallest absolute Gasteiger partial charge is 0.140 e. The third-order valence-corrected chi connectivity index (χ3v) is 4.15. The summed E-state index contributed by atoms with van der Waals surface area (Å²) in [4.78, 5) is 6.54. The van der Waals surface area contributed by atoms with Crippen molar-refractivity contribution in [2.24, 2.45) is 11.8 Å². The summed E-state index contributed by atoms with van der Waals surface area (Å²) >= 11 is 0. The topological polar surface area (TPSA) is 39.9 Å². The summed E-state index contributed by atoms with van der Waals surface area (Å²) in [5, 5.41) is 8.83. The molecule has 3 rings (SSSR count). The predicted molar refractivity (Wildman–Crippen MR) is 65.1 cm³/mol. The van der Waals surface area contributed by atoms with Crippen LogP contribution in [0.15, 0.2) is 18.3 Å². The Hall–Kier alpha value is -1.40. The fourth-order valence-corrected chi connectivity index (χ4v) is 3.35. The molecule has 2 atom stereocenters. The molecule has 2 unspecified atom stereocenters. The van der Waals surface area contributed by atoms with E-state index in [-0.39, 0.29) is 0 Å². The first-order valence-corrected chi connectivity index (χ1v) is 6.42. The minimum atomic E-state index is 0.530. The minimum absolute atomic E-state index is 0.530. The van der Waals surface area contributed by atoms with E-state index >= 15 is 0 Å². The number of likely N-dealkylation sites (tertiary alicyclic amines) is 1. The lowest BCUT2D eigenvalue weighted by Crippen LogP contribution is -2.21. The van der Waals surface area contributed by atoms with Gasteiger partial charge in [0, 0.05) is 25.8 Å². The van der Waals surface area contributed by atoms with Crippen molar-refractivity contribution in [2.45, 2.75) is 25.8 Å². The van der Waals surface area contributed by atoms with E-state index in [1.54, 1.807) is 6.20 Å². The Kier molecular flexibility index (Phi) is 2.82. The second kappa shape index (κ2) is 4.46. The number of rotatable bonds is 2. The van der Waals surface area contributed by atoms with Crippen LogP contribution in [0.25, 0.3) is 0 Å². The van der Waals surface area contributed by atoms with E-state index in [0.29, 0.717) is 5.69 Å². The summed E-state index contributed by atoms with van der Waals surface area (Å²) in [7, 11) is 0. The standard InChI is InChI=1S/C14H17N3/c15-7-14-6-11(4-5-16-14)8-17-9-12-2-1-3-13(12)10-17/h4-6,12-13H,1-3,8-10H2. The Morgan fingerprint density at radius 1 is 1.35 bits per heavy atom. The zero-order valence-corrected chi connectivity index (χ0v) is 9.97. The van der Waals surface area contributed by atoms with E-state index < -0.39 is 0 Å². The van der Waals surface area contributed by atoms with Crippen molar-refractivity contribution >= 4 is 0 Å². The van der Waals surface area contributed by atoms with Crippen molar-refractivity contribution < 1.29 is 0 Å². The number of pyridine rings is 1. The Balaban J connectivity index is 1.66. The number of aromatic nitrogens is 1. The Labute approximate surface area is 102 Å². The van der Waals surface area contributed by atoms with Gasteiger partial charge in [-0.25, -0.2) is 4.98 Å². The number of nitriles is 1. The molecular formula is C14H17N3. The van der Waals surface area contributed by atoms with Crippen LogP contribution in [0.2, 0.25) is 0 Å². The Morgan fingerprint density at radius 3 is 2.82 bits per heavy atom. The monoisotopic (exact) mass is 227 g/mol. The summed E-state index contributed by atoms with van der Waals surface area (Å²) in [6, 6.07) is 6.04. The predicted octanol–water partition coefficient (Wildman–Crippen LogP) is 2.19. The van der Waals surface area contributed by atoms with E-state index in [0.717, 1.165) is 18.4 Å². The molecule has 88 valence electrons. The fourth-order valence-electron chi connectivity index (χ4n) is 3.35. The highest BCUT2D eigenvalue weighted by Crippen LogP contribution is 2.38. The van der Waals surface area contributed by atoms with Gasteiger partial charge >= 0.3 is 0 Å². The van der Waals surface area contributed by atoms with Crippen LogP contribution in [0.3, 0.4) is 0 Å². The first-order chi connectivity index (χ1) is 8.35. The molecule has 3 nitrogen and oxygen atoms in total. The first kappa shape index (κ1) is 10.7. The van der Waals surface area contributed by atoms with Crippen molar-refractivity contribution in [1.29, 1.82) is 5.26 Å². The van der Waals surface area contributed by atoms with Crippen molar-refractivity contribution in [2.75, 3.05) is 13.1 Å². The third-order valence-electron chi connectivity index (χ3n) is 4.15. The van der Waals surface area contributed by atoms with Crippen molar-refractivity contribution in [3.8, 4) is 6.07 Å². The van der Waals surface area contributed by atoms with E-state index in [1.807, 2.05) is 12.1 Å². The van der Waals surface area contributed by atoms with E-state index in [2.05, 4.69) is 16.0 Å². The molecule has 2 fully saturated rings. The molecule has 3 heteroatoms. The second-order valence-electron chi connectivity index (χ2n) is 5.31. The average Bonchev–Trinajstić information content (AvgIpc) is 2.90. The van der Waals surface area contributed by atoms with E-state index in [1.165, 1.54) is 37.9 Å². The van der Waals surface area contributed by atoms with Crippen molar-refractivity contribution in [1.82, 2.24) is 9.88 Å². The molecule has 0 amide bonds. The molecule has 1 saturated heterocycles. The lowest BCUT2D eigenvalue weighted by molar-refractivity contribution is 0.303. The van der Waals surface area contributed by atoms with Gasteiger partial charge in [0.25, 0.3) is 0 Å². The van der Waals surface area contributed by atoms with Crippen LogP contribution >= 0.6 is 0 Å². The SMILES string of the molecule is N#Cc1cc(CN2CC3CCCC3C2)ccn1. The summed E-state index contributed by atoms with van der Waals surface area (Å²) < 4.78 is 0. The third kappa shape index (κ3) is 2.18. The quantitative estimate of drug-likeness (QED) is 0.777. The maximum absolute atomic E-state index is 8.83. The molecule has 0 N–H and O–H groups in total. The minimum Gasteiger partial charge on any atom is -0.299 e. The van der Waals surface area contributed by atoms with Gasteiger partial charge < -0.3 is 0 Å². The number of nitrogens with zero attached hydrogens (tertiary/aromatic N) is 3. The molecule has 17 heavy (non-hydrogen) atoms. The summed E-state index contributed by atoms with van der Waals surface area (Å²) in [5.41, 5.74) is 1.75. The molecular weight excluding hydrogens is 210 g/mol. The van der Waals surface area contributed by atoms with Gasteiger partial charge in [-0.05, 0) is 42.4 Å². The Morgan fingerprint density at radius 2 is 2.12 bits per heavy atom. The molecule has 1 aromatic rings. The van der Waals surface area contributed by atoms with Gasteiger partial charge in [-0.3, -0.25) is 4.90 Å². The highest BCUT2D eigenvalue weighted by Gasteiger charge is 2.35. The lowest BCUT2D eigenvalue weighted by atomic mass is 10.0. The van der Waals surface area contributed by atoms with Crippen LogP contribution in [0, 0.1) is 23.2 Å². The Bertz CT molecular complexity index is 437.